The number of nitrogens with zero attached hydrogens (tertiary/aromatic N) is 2. The Morgan fingerprint density at radius 3 is 2.80 bits per heavy atom. The lowest BCUT2D eigenvalue weighted by Crippen LogP contribution is -2.11. The highest BCUT2D eigenvalue weighted by Crippen LogP contribution is 2.25. The van der Waals surface area contributed by atoms with Crippen LogP contribution in [0.3, 0.4) is 0 Å². The summed E-state index contributed by atoms with van der Waals surface area (Å²) in [6.07, 6.45) is 3.39. The molecule has 2 aromatic heterocycles. The van der Waals surface area contributed by atoms with E-state index >= 15 is 0 Å². The van der Waals surface area contributed by atoms with Gasteiger partial charge >= 0.3 is 0 Å². The number of amides is 1. The summed E-state index contributed by atoms with van der Waals surface area (Å²) < 4.78 is 15.7. The minimum atomic E-state index is -0.367. The van der Waals surface area contributed by atoms with Crippen LogP contribution >= 0.6 is 11.3 Å². The molecule has 25 heavy (non-hydrogen) atoms. The summed E-state index contributed by atoms with van der Waals surface area (Å²) in [5, 5.41) is 5.65. The van der Waals surface area contributed by atoms with E-state index in [0.29, 0.717) is 22.6 Å². The number of hydrogen-bond acceptors (Lipinski definition) is 3. The minimum absolute atomic E-state index is 0.294. The number of aromatic nitrogens is 2. The van der Waals surface area contributed by atoms with E-state index in [-0.39, 0.29) is 11.7 Å². The van der Waals surface area contributed by atoms with Crippen LogP contribution in [-0.4, -0.2) is 15.5 Å². The molecule has 0 bridgehead atoms. The molecule has 6 heteroatoms. The van der Waals surface area contributed by atoms with Crippen LogP contribution < -0.4 is 5.32 Å². The molecule has 1 amide bonds. The predicted octanol–water partition coefficient (Wildman–Crippen LogP) is 4.54. The first-order valence-electron chi connectivity index (χ1n) is 7.74. The van der Waals surface area contributed by atoms with E-state index in [1.54, 1.807) is 23.8 Å². The predicted molar refractivity (Wildman–Crippen MR) is 97.5 cm³/mol. The Balaban J connectivity index is 1.75. The molecular formula is C19H14FN3OS. The maximum absolute atomic E-state index is 13.7. The van der Waals surface area contributed by atoms with E-state index in [1.807, 2.05) is 34.9 Å². The largest absolute Gasteiger partial charge is 0.342 e. The number of carbonyl (C=O) groups is 1. The van der Waals surface area contributed by atoms with Crippen LogP contribution in [0.5, 0.6) is 0 Å². The topological polar surface area (TPSA) is 46.9 Å². The van der Waals surface area contributed by atoms with Crippen LogP contribution in [0.1, 0.15) is 15.9 Å². The molecule has 0 radical (unpaired) electrons. The summed E-state index contributed by atoms with van der Waals surface area (Å²) in [4.78, 5) is 16.7. The highest BCUT2D eigenvalue weighted by atomic mass is 32.1. The van der Waals surface area contributed by atoms with E-state index in [4.69, 9.17) is 0 Å². The Kier molecular flexibility index (Phi) is 4.03. The van der Waals surface area contributed by atoms with E-state index in [9.17, 15) is 9.18 Å². The minimum Gasteiger partial charge on any atom is -0.342 e. The SMILES string of the molecule is O=C(Nc1nccs1)c1cn(Cc2ccccc2)c2ccc(F)cc12. The van der Waals surface area contributed by atoms with Crippen LogP contribution in [0.2, 0.25) is 0 Å². The molecule has 124 valence electrons. The van der Waals surface area contributed by atoms with Crippen molar-refractivity contribution in [2.24, 2.45) is 0 Å². The van der Waals surface area contributed by atoms with Crippen molar-refractivity contribution >= 4 is 33.3 Å². The molecule has 1 N–H and O–H groups in total. The van der Waals surface area contributed by atoms with Gasteiger partial charge in [-0.2, -0.15) is 0 Å². The third-order valence-corrected chi connectivity index (χ3v) is 4.62. The Labute approximate surface area is 147 Å². The van der Waals surface area contributed by atoms with Crippen LogP contribution in [0, 0.1) is 5.82 Å². The fraction of sp³-hybridized carbons (Fsp3) is 0.0526. The van der Waals surface area contributed by atoms with Crippen molar-refractivity contribution < 1.29 is 9.18 Å². The van der Waals surface area contributed by atoms with E-state index in [1.165, 1.54) is 23.5 Å². The number of anilines is 1. The third kappa shape index (κ3) is 3.16. The first-order valence-corrected chi connectivity index (χ1v) is 8.62. The average molecular weight is 351 g/mol. The number of halogens is 1. The molecule has 0 aliphatic carbocycles. The standard InChI is InChI=1S/C19H14FN3OS/c20-14-6-7-17-15(10-14)16(18(24)22-19-21-8-9-25-19)12-23(17)11-13-4-2-1-3-5-13/h1-10,12H,11H2,(H,21,22,24). The number of rotatable bonds is 4. The van der Waals surface area contributed by atoms with Crippen molar-refractivity contribution in [3.05, 3.63) is 83.2 Å². The third-order valence-electron chi connectivity index (χ3n) is 3.94. The van der Waals surface area contributed by atoms with Crippen LogP contribution in [0.15, 0.2) is 66.3 Å². The fourth-order valence-corrected chi connectivity index (χ4v) is 3.33. The molecule has 4 nitrogen and oxygen atoms in total. The average Bonchev–Trinajstić information content (AvgIpc) is 3.24. The molecule has 0 atom stereocenters. The molecule has 0 saturated carbocycles. The summed E-state index contributed by atoms with van der Waals surface area (Å²) in [5.41, 5.74) is 2.35. The number of nitrogens with one attached hydrogen (secondary N) is 1. The first kappa shape index (κ1) is 15.5. The van der Waals surface area contributed by atoms with Crippen molar-refractivity contribution in [1.29, 1.82) is 0 Å². The van der Waals surface area contributed by atoms with Gasteiger partial charge in [0.2, 0.25) is 0 Å². The molecule has 0 saturated heterocycles. The normalized spacial score (nSPS) is 10.9. The zero-order valence-corrected chi connectivity index (χ0v) is 14.0. The van der Waals surface area contributed by atoms with Gasteiger partial charge in [-0.05, 0) is 23.8 Å². The Hall–Kier alpha value is -2.99. The van der Waals surface area contributed by atoms with Gasteiger partial charge in [0.25, 0.3) is 5.91 Å². The maximum Gasteiger partial charge on any atom is 0.259 e. The maximum atomic E-state index is 13.7. The van der Waals surface area contributed by atoms with Gasteiger partial charge in [0.05, 0.1) is 5.56 Å². The number of fused-ring (bicyclic) bond motifs is 1. The van der Waals surface area contributed by atoms with Gasteiger partial charge < -0.3 is 4.57 Å². The summed E-state index contributed by atoms with van der Waals surface area (Å²) in [6, 6.07) is 14.4. The highest BCUT2D eigenvalue weighted by Gasteiger charge is 2.17. The zero-order valence-electron chi connectivity index (χ0n) is 13.1. The lowest BCUT2D eigenvalue weighted by atomic mass is 10.1. The molecule has 0 fully saturated rings. The van der Waals surface area contributed by atoms with E-state index in [2.05, 4.69) is 10.3 Å². The summed E-state index contributed by atoms with van der Waals surface area (Å²) in [7, 11) is 0. The van der Waals surface area contributed by atoms with Gasteiger partial charge in [-0.25, -0.2) is 9.37 Å². The molecular weight excluding hydrogens is 337 g/mol. The second-order valence-electron chi connectivity index (χ2n) is 5.61. The fourth-order valence-electron chi connectivity index (χ4n) is 2.81. The molecule has 4 aromatic rings. The van der Waals surface area contributed by atoms with Crippen molar-refractivity contribution in [3.63, 3.8) is 0 Å². The number of carbonyl (C=O) groups excluding carboxylic acids is 1. The second-order valence-corrected chi connectivity index (χ2v) is 6.50. The Bertz CT molecular complexity index is 1030. The lowest BCUT2D eigenvalue weighted by molar-refractivity contribution is 0.102. The van der Waals surface area contributed by atoms with Gasteiger partial charge in [0.15, 0.2) is 5.13 Å². The van der Waals surface area contributed by atoms with Gasteiger partial charge in [0.1, 0.15) is 5.82 Å². The summed E-state index contributed by atoms with van der Waals surface area (Å²) >= 11 is 1.34. The van der Waals surface area contributed by atoms with Gasteiger partial charge in [-0.1, -0.05) is 30.3 Å². The van der Waals surface area contributed by atoms with E-state index in [0.717, 1.165) is 11.1 Å². The quantitative estimate of drug-likeness (QED) is 0.587. The number of benzene rings is 2. The van der Waals surface area contributed by atoms with E-state index < -0.39 is 0 Å². The van der Waals surface area contributed by atoms with Gasteiger partial charge in [-0.3, -0.25) is 10.1 Å². The van der Waals surface area contributed by atoms with Crippen LogP contribution in [0.25, 0.3) is 10.9 Å². The number of thiazole rings is 1. The molecule has 4 rings (SSSR count). The molecule has 2 heterocycles. The van der Waals surface area contributed by atoms with Crippen molar-refractivity contribution in [3.8, 4) is 0 Å². The molecule has 0 aliphatic rings. The van der Waals surface area contributed by atoms with Gasteiger partial charge in [-0.15, -0.1) is 11.3 Å². The highest BCUT2D eigenvalue weighted by molar-refractivity contribution is 7.13. The summed E-state index contributed by atoms with van der Waals surface area (Å²) in [5.74, 6) is -0.661. The molecule has 0 aliphatic heterocycles. The van der Waals surface area contributed by atoms with Crippen LogP contribution in [0.4, 0.5) is 9.52 Å². The van der Waals surface area contributed by atoms with Crippen molar-refractivity contribution in [1.82, 2.24) is 9.55 Å². The zero-order chi connectivity index (χ0) is 17.2. The Morgan fingerprint density at radius 1 is 1.20 bits per heavy atom. The van der Waals surface area contributed by atoms with Gasteiger partial charge in [0, 0.05) is 35.2 Å². The number of hydrogen-bond donors (Lipinski definition) is 1. The van der Waals surface area contributed by atoms with Crippen molar-refractivity contribution in [2.75, 3.05) is 5.32 Å². The second kappa shape index (κ2) is 6.49. The smallest absolute Gasteiger partial charge is 0.259 e. The molecule has 0 spiro atoms. The first-order chi connectivity index (χ1) is 12.2. The molecule has 2 aromatic carbocycles. The summed E-state index contributed by atoms with van der Waals surface area (Å²) in [6.45, 7) is 0.605. The molecule has 0 unspecified atom stereocenters. The monoisotopic (exact) mass is 351 g/mol. The van der Waals surface area contributed by atoms with Crippen molar-refractivity contribution in [2.45, 2.75) is 6.54 Å². The van der Waals surface area contributed by atoms with Crippen LogP contribution in [-0.2, 0) is 6.54 Å². The Morgan fingerprint density at radius 2 is 2.04 bits per heavy atom. The lowest BCUT2D eigenvalue weighted by Gasteiger charge is -2.05.